The summed E-state index contributed by atoms with van der Waals surface area (Å²) in [7, 11) is 1.28. The maximum absolute atomic E-state index is 12.4. The number of urea groups is 1. The highest BCUT2D eigenvalue weighted by molar-refractivity contribution is 14.1. The number of hydrogen-bond acceptors (Lipinski definition) is 9. The van der Waals surface area contributed by atoms with Gasteiger partial charge in [-0.05, 0) is 118 Å². The fraction of sp³-hybridized carbons (Fsp3) is 0.258. The third kappa shape index (κ3) is 8.98. The zero-order valence-electron chi connectivity index (χ0n) is 24.2. The molecule has 0 bridgehead atoms. The van der Waals surface area contributed by atoms with E-state index in [1.165, 1.54) is 10.7 Å². The Labute approximate surface area is 282 Å². The number of aliphatic hydroxyl groups is 1. The second-order valence-electron chi connectivity index (χ2n) is 9.52. The lowest BCUT2D eigenvalue weighted by molar-refractivity contribution is -0.136. The topological polar surface area (TPSA) is 140 Å². The second kappa shape index (κ2) is 15.9. The van der Waals surface area contributed by atoms with Gasteiger partial charge in [0.1, 0.15) is 19.0 Å². The number of aliphatic hydroxyl groups excluding tert-OH is 1. The van der Waals surface area contributed by atoms with E-state index in [4.69, 9.17) is 18.9 Å². The van der Waals surface area contributed by atoms with Gasteiger partial charge in [-0.25, -0.2) is 9.59 Å². The van der Waals surface area contributed by atoms with Gasteiger partial charge in [0, 0.05) is 9.27 Å². The Balaban J connectivity index is 1.34. The van der Waals surface area contributed by atoms with Gasteiger partial charge < -0.3 is 34.7 Å². The minimum Gasteiger partial charge on any atom is -0.490 e. The van der Waals surface area contributed by atoms with Crippen molar-refractivity contribution in [1.82, 2.24) is 16.1 Å². The molecule has 0 fully saturated rings. The molecule has 2 atom stereocenters. The van der Waals surface area contributed by atoms with Crippen molar-refractivity contribution < 1.29 is 33.6 Å². The maximum atomic E-state index is 12.4. The molecule has 0 radical (unpaired) electrons. The number of carbonyl (C=O) groups excluding carboxylic acids is 2. The summed E-state index contributed by atoms with van der Waals surface area (Å²) >= 11 is 4.49. The largest absolute Gasteiger partial charge is 0.490 e. The molecule has 0 saturated carbocycles. The van der Waals surface area contributed by atoms with E-state index in [1.807, 2.05) is 49.4 Å². The fourth-order valence-corrected chi connectivity index (χ4v) is 5.33. The smallest absolute Gasteiger partial charge is 0.337 e. The lowest BCUT2D eigenvalue weighted by Crippen LogP contribution is -2.45. The molecule has 3 aromatic carbocycles. The van der Waals surface area contributed by atoms with Crippen LogP contribution in [-0.4, -0.2) is 49.9 Å². The van der Waals surface area contributed by atoms with Crippen LogP contribution in [0.25, 0.3) is 0 Å². The number of allylic oxidation sites excluding steroid dienone is 1. The molecular formula is C31H32I2N4O7. The highest BCUT2D eigenvalue weighted by Crippen LogP contribution is 2.35. The predicted octanol–water partition coefficient (Wildman–Crippen LogP) is 5.00. The molecule has 0 spiro atoms. The van der Waals surface area contributed by atoms with Crippen molar-refractivity contribution in [3.05, 3.63) is 95.8 Å². The van der Waals surface area contributed by atoms with Crippen LogP contribution in [0.2, 0.25) is 0 Å². The summed E-state index contributed by atoms with van der Waals surface area (Å²) < 4.78 is 24.5. The Hall–Kier alpha value is -3.57. The SMILES string of the molecule is CCOc1cc([C@@H]2NC(=O)NC(C)=C2C(=O)OC)ccc1OC[C@H](O)N/N=C\c1ccc(OCc2ccc(I)cc2)c(I)c1. The number of halogens is 2. The number of nitrogens with zero attached hydrogens (tertiary/aromatic N) is 1. The van der Waals surface area contributed by atoms with Crippen molar-refractivity contribution in [2.24, 2.45) is 5.10 Å². The summed E-state index contributed by atoms with van der Waals surface area (Å²) in [5, 5.41) is 19.9. The minimum atomic E-state index is -1.11. The van der Waals surface area contributed by atoms with Crippen LogP contribution in [0.15, 0.2) is 77.0 Å². The molecule has 2 amide bonds. The zero-order valence-corrected chi connectivity index (χ0v) is 28.5. The Morgan fingerprint density at radius 3 is 2.50 bits per heavy atom. The molecule has 4 N–H and O–H groups in total. The first-order valence-corrected chi connectivity index (χ1v) is 15.7. The van der Waals surface area contributed by atoms with E-state index >= 15 is 0 Å². The first kappa shape index (κ1) is 33.3. The monoisotopic (exact) mass is 826 g/mol. The number of carbonyl (C=O) groups is 2. The van der Waals surface area contributed by atoms with E-state index < -0.39 is 24.3 Å². The summed E-state index contributed by atoms with van der Waals surface area (Å²) in [4.78, 5) is 24.6. The molecule has 44 heavy (non-hydrogen) atoms. The van der Waals surface area contributed by atoms with E-state index in [1.54, 1.807) is 31.3 Å². The molecule has 3 aromatic rings. The van der Waals surface area contributed by atoms with Crippen LogP contribution in [0.3, 0.4) is 0 Å². The van der Waals surface area contributed by atoms with Crippen molar-refractivity contribution >= 4 is 63.4 Å². The molecule has 1 aliphatic rings. The molecule has 0 unspecified atom stereocenters. The third-order valence-corrected chi connectivity index (χ3v) is 7.93. The number of rotatable bonds is 13. The van der Waals surface area contributed by atoms with Crippen LogP contribution in [0.1, 0.15) is 36.6 Å². The van der Waals surface area contributed by atoms with Gasteiger partial charge in [0.15, 0.2) is 17.7 Å². The fourth-order valence-electron chi connectivity index (χ4n) is 4.28. The van der Waals surface area contributed by atoms with E-state index in [2.05, 4.69) is 66.3 Å². The molecule has 232 valence electrons. The minimum absolute atomic E-state index is 0.129. The van der Waals surface area contributed by atoms with Crippen LogP contribution in [0.4, 0.5) is 4.79 Å². The number of hydrogen-bond donors (Lipinski definition) is 4. The summed E-state index contributed by atoms with van der Waals surface area (Å²) in [6.45, 7) is 4.14. The highest BCUT2D eigenvalue weighted by atomic mass is 127. The van der Waals surface area contributed by atoms with E-state index in [0.717, 1.165) is 20.4 Å². The van der Waals surface area contributed by atoms with Gasteiger partial charge in [-0.1, -0.05) is 18.2 Å². The van der Waals surface area contributed by atoms with Crippen molar-refractivity contribution in [2.45, 2.75) is 32.7 Å². The summed E-state index contributed by atoms with van der Waals surface area (Å²) in [6.07, 6.45) is 0.479. The molecular weight excluding hydrogens is 794 g/mol. The molecule has 4 rings (SSSR count). The first-order chi connectivity index (χ1) is 21.2. The van der Waals surface area contributed by atoms with Crippen molar-refractivity contribution in [1.29, 1.82) is 0 Å². The van der Waals surface area contributed by atoms with E-state index in [9.17, 15) is 14.7 Å². The molecule has 0 aliphatic carbocycles. The quantitative estimate of drug-likeness (QED) is 0.0622. The zero-order chi connectivity index (χ0) is 31.6. The Morgan fingerprint density at radius 1 is 1.05 bits per heavy atom. The number of benzene rings is 3. The van der Waals surface area contributed by atoms with Crippen LogP contribution >= 0.6 is 45.2 Å². The summed E-state index contributed by atoms with van der Waals surface area (Å²) in [5.74, 6) is 0.963. The summed E-state index contributed by atoms with van der Waals surface area (Å²) in [6, 6.07) is 17.7. The number of amides is 2. The average Bonchev–Trinajstić information content (AvgIpc) is 3.00. The van der Waals surface area contributed by atoms with Gasteiger partial charge in [-0.2, -0.15) is 5.10 Å². The molecule has 1 aliphatic heterocycles. The van der Waals surface area contributed by atoms with Crippen molar-refractivity contribution in [2.75, 3.05) is 20.3 Å². The molecule has 1 heterocycles. The van der Waals surface area contributed by atoms with Crippen molar-refractivity contribution in [3.63, 3.8) is 0 Å². The predicted molar refractivity (Wildman–Crippen MR) is 182 cm³/mol. The van der Waals surface area contributed by atoms with Crippen LogP contribution in [0.5, 0.6) is 17.2 Å². The lowest BCUT2D eigenvalue weighted by Gasteiger charge is -2.28. The molecule has 0 saturated heterocycles. The normalized spacial score (nSPS) is 15.3. The second-order valence-corrected chi connectivity index (χ2v) is 11.9. The average molecular weight is 826 g/mol. The number of methoxy groups -OCH3 is 1. The van der Waals surface area contributed by atoms with Gasteiger partial charge in [0.2, 0.25) is 0 Å². The van der Waals surface area contributed by atoms with Crippen LogP contribution in [-0.2, 0) is 16.1 Å². The van der Waals surface area contributed by atoms with Gasteiger partial charge >= 0.3 is 12.0 Å². The van der Waals surface area contributed by atoms with Gasteiger partial charge in [-0.3, -0.25) is 5.43 Å². The number of ether oxygens (including phenoxy) is 4. The van der Waals surface area contributed by atoms with Gasteiger partial charge in [0.05, 0.1) is 35.1 Å². The first-order valence-electron chi connectivity index (χ1n) is 13.6. The molecule has 13 heteroatoms. The van der Waals surface area contributed by atoms with Crippen molar-refractivity contribution in [3.8, 4) is 17.2 Å². The molecule has 0 aromatic heterocycles. The van der Waals surface area contributed by atoms with Crippen LogP contribution in [0, 0.1) is 7.14 Å². The number of hydrazone groups is 1. The van der Waals surface area contributed by atoms with Gasteiger partial charge in [-0.15, -0.1) is 0 Å². The summed E-state index contributed by atoms with van der Waals surface area (Å²) in [5.41, 5.74) is 5.84. The standard InChI is InChI=1S/C31H32I2N4O7/c1-4-42-26-14-21(29-28(30(39)41-3)18(2)35-31(40)36-29)8-12-25(26)44-17-27(38)37-34-15-20-7-11-24(23(33)13-20)43-16-19-5-9-22(32)10-6-19/h5-15,27,29,37-38H,4,16-17H2,1-3H3,(H2,35,36,40)/b34-15-/t27-,29-/m0/s1. The molecule has 11 nitrogen and oxygen atoms in total. The van der Waals surface area contributed by atoms with E-state index in [-0.39, 0.29) is 12.2 Å². The van der Waals surface area contributed by atoms with Gasteiger partial charge in [0.25, 0.3) is 0 Å². The maximum Gasteiger partial charge on any atom is 0.337 e. The number of esters is 1. The van der Waals surface area contributed by atoms with Crippen LogP contribution < -0.4 is 30.3 Å². The Bertz CT molecular complexity index is 1550. The number of nitrogens with one attached hydrogen (secondary N) is 3. The Kier molecular flexibility index (Phi) is 12.1. The lowest BCUT2D eigenvalue weighted by atomic mass is 9.95. The third-order valence-electron chi connectivity index (χ3n) is 6.37. The highest BCUT2D eigenvalue weighted by Gasteiger charge is 2.32. The van der Waals surface area contributed by atoms with E-state index in [0.29, 0.717) is 36.0 Å². The Morgan fingerprint density at radius 2 is 1.80 bits per heavy atom.